The van der Waals surface area contributed by atoms with Crippen molar-refractivity contribution in [1.29, 1.82) is 0 Å². The summed E-state index contributed by atoms with van der Waals surface area (Å²) >= 11 is 0. The molecule has 134 valence electrons. The third-order valence-corrected chi connectivity index (χ3v) is 4.96. The number of nitrogens with zero attached hydrogens (tertiary/aromatic N) is 5. The van der Waals surface area contributed by atoms with Gasteiger partial charge < -0.3 is 10.1 Å². The maximum absolute atomic E-state index is 11.4. The number of carbonyl (C=O) groups excluding carboxylic acids is 1. The summed E-state index contributed by atoms with van der Waals surface area (Å²) in [5, 5.41) is 4.85. The number of amides is 1. The Bertz CT molecular complexity index is 1200. The fourth-order valence-electron chi connectivity index (χ4n) is 3.75. The third kappa shape index (κ3) is 2.51. The normalized spacial score (nSPS) is 13.2. The molecule has 0 spiro atoms. The first-order chi connectivity index (χ1) is 13.1. The maximum Gasteiger partial charge on any atom is 0.268 e. The number of carbonyl (C=O) groups is 1. The van der Waals surface area contributed by atoms with Crippen molar-refractivity contribution in [2.75, 3.05) is 0 Å². The molecule has 0 bridgehead atoms. The standard InChI is InChI=1S/C20H18N6O/c1-12-4-2-5-14(22-12)19-18(16-6-3-9-26(16)24-19)13-7-8-17-23-15(20(21)27)11-25(17)10-13/h2,4-5,7-8,10-11H,3,6,9H2,1H3,(H2,21,27). The summed E-state index contributed by atoms with van der Waals surface area (Å²) in [5.74, 6) is -0.531. The van der Waals surface area contributed by atoms with E-state index < -0.39 is 5.91 Å². The van der Waals surface area contributed by atoms with Crippen molar-refractivity contribution in [3.63, 3.8) is 0 Å². The number of fused-ring (bicyclic) bond motifs is 2. The summed E-state index contributed by atoms with van der Waals surface area (Å²) in [5.41, 5.74) is 12.4. The molecule has 7 nitrogen and oxygen atoms in total. The molecule has 4 aromatic heterocycles. The molecule has 27 heavy (non-hydrogen) atoms. The molecule has 1 aliphatic heterocycles. The number of hydrogen-bond acceptors (Lipinski definition) is 4. The van der Waals surface area contributed by atoms with Gasteiger partial charge in [-0.3, -0.25) is 14.5 Å². The van der Waals surface area contributed by atoms with E-state index in [1.165, 1.54) is 5.69 Å². The molecule has 0 unspecified atom stereocenters. The predicted molar refractivity (Wildman–Crippen MR) is 101 cm³/mol. The van der Waals surface area contributed by atoms with Crippen molar-refractivity contribution in [3.8, 4) is 22.5 Å². The Labute approximate surface area is 155 Å². The second-order valence-electron chi connectivity index (χ2n) is 6.83. The number of rotatable bonds is 3. The van der Waals surface area contributed by atoms with Crippen LogP contribution < -0.4 is 5.73 Å². The second kappa shape index (κ2) is 5.77. The van der Waals surface area contributed by atoms with Crippen LogP contribution in [0.2, 0.25) is 0 Å². The van der Waals surface area contributed by atoms with Gasteiger partial charge in [-0.2, -0.15) is 5.10 Å². The van der Waals surface area contributed by atoms with Crippen molar-refractivity contribution < 1.29 is 4.79 Å². The van der Waals surface area contributed by atoms with Crippen LogP contribution >= 0.6 is 0 Å². The van der Waals surface area contributed by atoms with Gasteiger partial charge in [0.1, 0.15) is 17.0 Å². The lowest BCUT2D eigenvalue weighted by Gasteiger charge is -2.06. The average Bonchev–Trinajstić information content (AvgIpc) is 3.34. The fourth-order valence-corrected chi connectivity index (χ4v) is 3.75. The maximum atomic E-state index is 11.4. The predicted octanol–water partition coefficient (Wildman–Crippen LogP) is 2.61. The Morgan fingerprint density at radius 2 is 2.04 bits per heavy atom. The van der Waals surface area contributed by atoms with E-state index in [9.17, 15) is 4.79 Å². The minimum Gasteiger partial charge on any atom is -0.364 e. The van der Waals surface area contributed by atoms with Crippen LogP contribution in [0.15, 0.2) is 42.7 Å². The van der Waals surface area contributed by atoms with E-state index in [-0.39, 0.29) is 5.69 Å². The molecule has 0 saturated carbocycles. The van der Waals surface area contributed by atoms with E-state index in [2.05, 4.69) is 14.6 Å². The van der Waals surface area contributed by atoms with Crippen LogP contribution in [0.3, 0.4) is 0 Å². The number of pyridine rings is 2. The van der Waals surface area contributed by atoms with Gasteiger partial charge >= 0.3 is 0 Å². The van der Waals surface area contributed by atoms with Gasteiger partial charge in [0, 0.05) is 41.5 Å². The summed E-state index contributed by atoms with van der Waals surface area (Å²) in [7, 11) is 0. The molecule has 1 aliphatic rings. The Morgan fingerprint density at radius 3 is 2.85 bits per heavy atom. The van der Waals surface area contributed by atoms with E-state index in [0.717, 1.165) is 47.6 Å². The van der Waals surface area contributed by atoms with Crippen LogP contribution in [0.5, 0.6) is 0 Å². The highest BCUT2D eigenvalue weighted by atomic mass is 16.1. The molecule has 4 aromatic rings. The largest absolute Gasteiger partial charge is 0.364 e. The highest BCUT2D eigenvalue weighted by molar-refractivity contribution is 5.91. The zero-order valence-electron chi connectivity index (χ0n) is 14.9. The molecule has 0 atom stereocenters. The first-order valence-corrected chi connectivity index (χ1v) is 8.93. The van der Waals surface area contributed by atoms with Crippen molar-refractivity contribution in [2.24, 2.45) is 5.73 Å². The monoisotopic (exact) mass is 358 g/mol. The van der Waals surface area contributed by atoms with E-state index in [1.807, 2.05) is 47.9 Å². The van der Waals surface area contributed by atoms with Crippen LogP contribution in [-0.4, -0.2) is 30.1 Å². The molecule has 2 N–H and O–H groups in total. The summed E-state index contributed by atoms with van der Waals surface area (Å²) in [4.78, 5) is 20.4. The highest BCUT2D eigenvalue weighted by Gasteiger charge is 2.24. The molecule has 5 rings (SSSR count). The second-order valence-corrected chi connectivity index (χ2v) is 6.83. The minimum absolute atomic E-state index is 0.257. The van der Waals surface area contributed by atoms with Crippen molar-refractivity contribution in [2.45, 2.75) is 26.3 Å². The Morgan fingerprint density at radius 1 is 1.15 bits per heavy atom. The van der Waals surface area contributed by atoms with Gasteiger partial charge in [0.05, 0.1) is 5.69 Å². The highest BCUT2D eigenvalue weighted by Crippen LogP contribution is 2.37. The first kappa shape index (κ1) is 15.7. The summed E-state index contributed by atoms with van der Waals surface area (Å²) in [6.07, 6.45) is 5.72. The molecule has 0 fully saturated rings. The summed E-state index contributed by atoms with van der Waals surface area (Å²) in [6.45, 7) is 2.91. The average molecular weight is 358 g/mol. The number of hydrogen-bond donors (Lipinski definition) is 1. The lowest BCUT2D eigenvalue weighted by atomic mass is 10.0. The zero-order chi connectivity index (χ0) is 18.5. The van der Waals surface area contributed by atoms with Gasteiger partial charge in [-0.05, 0) is 44.0 Å². The minimum atomic E-state index is -0.531. The molecule has 0 saturated heterocycles. The molecule has 1 amide bonds. The van der Waals surface area contributed by atoms with Crippen molar-refractivity contribution in [3.05, 3.63) is 59.8 Å². The van der Waals surface area contributed by atoms with Gasteiger partial charge in [0.25, 0.3) is 5.91 Å². The number of aryl methyl sites for hydroxylation is 2. The molecule has 0 aliphatic carbocycles. The lowest BCUT2D eigenvalue weighted by molar-refractivity contribution is 0.0996. The van der Waals surface area contributed by atoms with Gasteiger partial charge in [-0.1, -0.05) is 6.07 Å². The first-order valence-electron chi connectivity index (χ1n) is 8.93. The van der Waals surface area contributed by atoms with Crippen LogP contribution in [0.1, 0.15) is 28.3 Å². The molecule has 0 aromatic carbocycles. The number of aromatic nitrogens is 5. The van der Waals surface area contributed by atoms with Crippen LogP contribution in [0.25, 0.3) is 28.2 Å². The topological polar surface area (TPSA) is 91.1 Å². The van der Waals surface area contributed by atoms with E-state index in [1.54, 1.807) is 6.20 Å². The van der Waals surface area contributed by atoms with Crippen molar-refractivity contribution in [1.82, 2.24) is 24.1 Å². The fraction of sp³-hybridized carbons (Fsp3) is 0.200. The lowest BCUT2D eigenvalue weighted by Crippen LogP contribution is -2.10. The quantitative estimate of drug-likeness (QED) is 0.609. The summed E-state index contributed by atoms with van der Waals surface area (Å²) < 4.78 is 3.92. The zero-order valence-corrected chi connectivity index (χ0v) is 14.9. The smallest absolute Gasteiger partial charge is 0.268 e. The molecule has 5 heterocycles. The molecular weight excluding hydrogens is 340 g/mol. The van der Waals surface area contributed by atoms with E-state index in [4.69, 9.17) is 10.8 Å². The van der Waals surface area contributed by atoms with Crippen molar-refractivity contribution >= 4 is 11.6 Å². The number of primary amides is 1. The summed E-state index contributed by atoms with van der Waals surface area (Å²) in [6, 6.07) is 9.90. The van der Waals surface area contributed by atoms with Crippen LogP contribution in [0, 0.1) is 6.92 Å². The Kier molecular flexibility index (Phi) is 3.36. The van der Waals surface area contributed by atoms with Gasteiger partial charge in [0.15, 0.2) is 0 Å². The van der Waals surface area contributed by atoms with E-state index >= 15 is 0 Å². The number of nitrogens with two attached hydrogens (primary N) is 1. The van der Waals surface area contributed by atoms with Crippen LogP contribution in [0.4, 0.5) is 0 Å². The molecular formula is C20H18N6O. The van der Waals surface area contributed by atoms with Gasteiger partial charge in [-0.25, -0.2) is 4.98 Å². The third-order valence-electron chi connectivity index (χ3n) is 4.96. The van der Waals surface area contributed by atoms with E-state index in [0.29, 0.717) is 5.65 Å². The molecule has 0 radical (unpaired) electrons. The Balaban J connectivity index is 1.72. The molecule has 7 heteroatoms. The SMILES string of the molecule is Cc1cccc(-c2nn3c(c2-c2ccc4nc(C(N)=O)cn4c2)CCC3)n1. The van der Waals surface area contributed by atoms with Gasteiger partial charge in [0.2, 0.25) is 0 Å². The van der Waals surface area contributed by atoms with Crippen LogP contribution in [-0.2, 0) is 13.0 Å². The number of imidazole rings is 1. The van der Waals surface area contributed by atoms with Gasteiger partial charge in [-0.15, -0.1) is 0 Å². The Hall–Kier alpha value is -3.48.